The predicted molar refractivity (Wildman–Crippen MR) is 82.4 cm³/mol. The van der Waals surface area contributed by atoms with E-state index in [4.69, 9.17) is 0 Å². The summed E-state index contributed by atoms with van der Waals surface area (Å²) in [5.41, 5.74) is 0. The number of benzene rings is 1. The molecule has 0 aromatic heterocycles. The molecule has 0 radical (unpaired) electrons. The highest BCUT2D eigenvalue weighted by Crippen LogP contribution is 2.15. The number of rotatable bonds is 8. The van der Waals surface area contributed by atoms with Crippen molar-refractivity contribution in [2.45, 2.75) is 44.0 Å². The summed E-state index contributed by atoms with van der Waals surface area (Å²) in [6.07, 6.45) is 3.24. The highest BCUT2D eigenvalue weighted by atomic mass is 79.9. The molecule has 4 heteroatoms. The Morgan fingerprint density at radius 3 is 2.89 bits per heavy atom. The first-order chi connectivity index (χ1) is 8.63. The van der Waals surface area contributed by atoms with Gasteiger partial charge in [-0.2, -0.15) is 0 Å². The normalized spacial score (nSPS) is 14.4. The molecule has 0 aliphatic carbocycles. The standard InChI is InChI=1S/C14H22BrNOS/c1-3-9-16-12(2)6-5-10-18(17)14-8-4-7-13(15)11-14/h4,7-8,11-12,16H,3,5-6,9-10H2,1-2H3. The third-order valence-corrected chi connectivity index (χ3v) is 4.70. The quantitative estimate of drug-likeness (QED) is 0.786. The van der Waals surface area contributed by atoms with Crippen LogP contribution in [0.4, 0.5) is 0 Å². The molecule has 0 aliphatic rings. The maximum absolute atomic E-state index is 12.1. The van der Waals surface area contributed by atoms with Crippen LogP contribution in [0.3, 0.4) is 0 Å². The summed E-state index contributed by atoms with van der Waals surface area (Å²) in [5.74, 6) is 0.745. The van der Waals surface area contributed by atoms with Crippen molar-refractivity contribution in [1.29, 1.82) is 0 Å². The lowest BCUT2D eigenvalue weighted by Crippen LogP contribution is -2.26. The summed E-state index contributed by atoms with van der Waals surface area (Å²) in [4.78, 5) is 0.915. The van der Waals surface area contributed by atoms with E-state index in [0.29, 0.717) is 6.04 Å². The average molecular weight is 332 g/mol. The van der Waals surface area contributed by atoms with Crippen LogP contribution in [-0.2, 0) is 10.8 Å². The molecule has 2 atom stereocenters. The largest absolute Gasteiger partial charge is 0.314 e. The number of hydrogen-bond donors (Lipinski definition) is 1. The summed E-state index contributed by atoms with van der Waals surface area (Å²) in [6, 6.07) is 8.28. The maximum atomic E-state index is 12.1. The predicted octanol–water partition coefficient (Wildman–Crippen LogP) is 3.73. The third kappa shape index (κ3) is 6.12. The smallest absolute Gasteiger partial charge is 0.0529 e. The molecule has 1 aromatic carbocycles. The molecule has 0 heterocycles. The second-order valence-corrected chi connectivity index (χ2v) is 6.99. The van der Waals surface area contributed by atoms with Gasteiger partial charge in [-0.1, -0.05) is 28.9 Å². The Kier molecular flexibility index (Phi) is 7.79. The molecular weight excluding hydrogens is 310 g/mol. The van der Waals surface area contributed by atoms with Gasteiger partial charge in [-0.3, -0.25) is 4.21 Å². The molecule has 0 bridgehead atoms. The zero-order valence-corrected chi connectivity index (χ0v) is 13.5. The fraction of sp³-hybridized carbons (Fsp3) is 0.571. The van der Waals surface area contributed by atoms with E-state index in [1.54, 1.807) is 0 Å². The summed E-state index contributed by atoms with van der Waals surface area (Å²) >= 11 is 3.41. The Balaban J connectivity index is 2.29. The van der Waals surface area contributed by atoms with Crippen LogP contribution in [-0.4, -0.2) is 22.5 Å². The summed E-state index contributed by atoms with van der Waals surface area (Å²) < 4.78 is 13.1. The van der Waals surface area contributed by atoms with Gasteiger partial charge in [0.1, 0.15) is 0 Å². The molecule has 1 aromatic rings. The third-order valence-electron chi connectivity index (χ3n) is 2.77. The van der Waals surface area contributed by atoms with Gasteiger partial charge in [0.05, 0.1) is 10.8 Å². The van der Waals surface area contributed by atoms with E-state index in [0.717, 1.165) is 40.9 Å². The van der Waals surface area contributed by atoms with Crippen molar-refractivity contribution < 1.29 is 4.21 Å². The zero-order chi connectivity index (χ0) is 13.4. The Bertz CT molecular complexity index is 384. The number of hydrogen-bond acceptors (Lipinski definition) is 2. The Morgan fingerprint density at radius 2 is 2.22 bits per heavy atom. The van der Waals surface area contributed by atoms with Crippen LogP contribution >= 0.6 is 15.9 Å². The lowest BCUT2D eigenvalue weighted by molar-refractivity contribution is 0.509. The fourth-order valence-electron chi connectivity index (χ4n) is 1.74. The molecule has 102 valence electrons. The van der Waals surface area contributed by atoms with Crippen molar-refractivity contribution in [3.63, 3.8) is 0 Å². The fourth-order valence-corrected chi connectivity index (χ4v) is 3.44. The van der Waals surface area contributed by atoms with Gasteiger partial charge >= 0.3 is 0 Å². The molecule has 1 N–H and O–H groups in total. The van der Waals surface area contributed by atoms with E-state index < -0.39 is 10.8 Å². The number of halogens is 1. The van der Waals surface area contributed by atoms with Gasteiger partial charge in [-0.25, -0.2) is 0 Å². The van der Waals surface area contributed by atoms with Gasteiger partial charge in [0.25, 0.3) is 0 Å². The first kappa shape index (κ1) is 15.9. The molecule has 0 saturated carbocycles. The van der Waals surface area contributed by atoms with E-state index >= 15 is 0 Å². The first-order valence-electron chi connectivity index (χ1n) is 6.50. The first-order valence-corrected chi connectivity index (χ1v) is 8.62. The molecule has 1 rings (SSSR count). The molecule has 0 spiro atoms. The van der Waals surface area contributed by atoms with Gasteiger partial charge in [-0.05, 0) is 50.9 Å². The van der Waals surface area contributed by atoms with Gasteiger partial charge < -0.3 is 5.32 Å². The topological polar surface area (TPSA) is 29.1 Å². The van der Waals surface area contributed by atoms with Crippen molar-refractivity contribution in [2.24, 2.45) is 0 Å². The van der Waals surface area contributed by atoms with Crippen molar-refractivity contribution >= 4 is 26.7 Å². The van der Waals surface area contributed by atoms with Crippen LogP contribution < -0.4 is 5.32 Å². The minimum absolute atomic E-state index is 0.518. The monoisotopic (exact) mass is 331 g/mol. The SMILES string of the molecule is CCCNC(C)CCCS(=O)c1cccc(Br)c1. The van der Waals surface area contributed by atoms with Crippen molar-refractivity contribution in [3.05, 3.63) is 28.7 Å². The lowest BCUT2D eigenvalue weighted by atomic mass is 10.2. The molecule has 2 nitrogen and oxygen atoms in total. The van der Waals surface area contributed by atoms with Crippen molar-refractivity contribution in [2.75, 3.05) is 12.3 Å². The molecule has 2 unspecified atom stereocenters. The Morgan fingerprint density at radius 1 is 1.44 bits per heavy atom. The molecule has 0 saturated heterocycles. The van der Waals surface area contributed by atoms with E-state index in [9.17, 15) is 4.21 Å². The highest BCUT2D eigenvalue weighted by molar-refractivity contribution is 9.10. The van der Waals surface area contributed by atoms with Gasteiger partial charge in [0, 0.05) is 21.2 Å². The summed E-state index contributed by atoms with van der Waals surface area (Å²) in [7, 11) is -0.874. The van der Waals surface area contributed by atoms with E-state index in [2.05, 4.69) is 35.1 Å². The molecule has 0 aliphatic heterocycles. The Labute approximate surface area is 121 Å². The van der Waals surface area contributed by atoms with Crippen LogP contribution in [0, 0.1) is 0 Å². The lowest BCUT2D eigenvalue weighted by Gasteiger charge is -2.12. The molecule has 18 heavy (non-hydrogen) atoms. The highest BCUT2D eigenvalue weighted by Gasteiger charge is 2.06. The minimum atomic E-state index is -0.874. The second-order valence-electron chi connectivity index (χ2n) is 4.50. The van der Waals surface area contributed by atoms with Crippen LogP contribution in [0.1, 0.15) is 33.1 Å². The van der Waals surface area contributed by atoms with E-state index in [1.165, 1.54) is 0 Å². The second kappa shape index (κ2) is 8.83. The zero-order valence-electron chi connectivity index (χ0n) is 11.1. The van der Waals surface area contributed by atoms with Crippen LogP contribution in [0.25, 0.3) is 0 Å². The van der Waals surface area contributed by atoms with Crippen molar-refractivity contribution in [3.8, 4) is 0 Å². The van der Waals surface area contributed by atoms with Gasteiger partial charge in [0.15, 0.2) is 0 Å². The summed E-state index contributed by atoms with van der Waals surface area (Å²) in [6.45, 7) is 5.43. The number of nitrogens with one attached hydrogen (secondary N) is 1. The average Bonchev–Trinajstić information content (AvgIpc) is 2.36. The molecular formula is C14H22BrNOS. The maximum Gasteiger partial charge on any atom is 0.0529 e. The van der Waals surface area contributed by atoms with E-state index in [1.807, 2.05) is 24.3 Å². The van der Waals surface area contributed by atoms with Gasteiger partial charge in [0.2, 0.25) is 0 Å². The van der Waals surface area contributed by atoms with Crippen molar-refractivity contribution in [1.82, 2.24) is 5.32 Å². The molecule has 0 amide bonds. The van der Waals surface area contributed by atoms with Crippen LogP contribution in [0.15, 0.2) is 33.6 Å². The van der Waals surface area contributed by atoms with Gasteiger partial charge in [-0.15, -0.1) is 0 Å². The van der Waals surface area contributed by atoms with Crippen LogP contribution in [0.5, 0.6) is 0 Å². The Hall–Kier alpha value is -0.190. The summed E-state index contributed by atoms with van der Waals surface area (Å²) in [5, 5.41) is 3.45. The van der Waals surface area contributed by atoms with Crippen LogP contribution in [0.2, 0.25) is 0 Å². The van der Waals surface area contributed by atoms with E-state index in [-0.39, 0.29) is 0 Å². The molecule has 0 fully saturated rings. The minimum Gasteiger partial charge on any atom is -0.314 e.